The maximum absolute atomic E-state index is 13.4. The molecule has 0 aliphatic carbocycles. The van der Waals surface area contributed by atoms with E-state index in [1.807, 2.05) is 6.92 Å². The van der Waals surface area contributed by atoms with Crippen LogP contribution in [0.1, 0.15) is 51.9 Å². The molecular formula is C23H29ClN8O4S. The summed E-state index contributed by atoms with van der Waals surface area (Å²) in [5.74, 6) is 0.202. The van der Waals surface area contributed by atoms with Crippen LogP contribution >= 0.6 is 11.6 Å². The summed E-state index contributed by atoms with van der Waals surface area (Å²) in [5, 5.41) is 25.8. The summed E-state index contributed by atoms with van der Waals surface area (Å²) >= 11 is 5.86. The molecule has 37 heavy (non-hydrogen) atoms. The maximum Gasteiger partial charge on any atom is 0.239 e. The van der Waals surface area contributed by atoms with Gasteiger partial charge in [0.15, 0.2) is 5.82 Å². The lowest BCUT2D eigenvalue weighted by molar-refractivity contribution is 0.398. The monoisotopic (exact) mass is 548 g/mol. The predicted molar refractivity (Wildman–Crippen MR) is 141 cm³/mol. The Balaban J connectivity index is 2.10. The van der Waals surface area contributed by atoms with Gasteiger partial charge in [-0.05, 0) is 26.3 Å². The lowest BCUT2D eigenvalue weighted by atomic mass is 10.0. The molecule has 0 aromatic carbocycles. The highest BCUT2D eigenvalue weighted by Crippen LogP contribution is 2.33. The molecule has 0 amide bonds. The zero-order valence-electron chi connectivity index (χ0n) is 21.0. The van der Waals surface area contributed by atoms with E-state index in [4.69, 9.17) is 21.7 Å². The molecule has 0 radical (unpaired) electrons. The van der Waals surface area contributed by atoms with Gasteiger partial charge >= 0.3 is 0 Å². The van der Waals surface area contributed by atoms with Crippen molar-refractivity contribution in [1.82, 2.24) is 29.7 Å². The Morgan fingerprint density at radius 1 is 1.27 bits per heavy atom. The molecule has 3 heterocycles. The van der Waals surface area contributed by atoms with Gasteiger partial charge in [0.25, 0.3) is 0 Å². The van der Waals surface area contributed by atoms with E-state index in [1.54, 1.807) is 25.1 Å². The summed E-state index contributed by atoms with van der Waals surface area (Å²) in [7, 11) is -2.56. The Morgan fingerprint density at radius 2 is 1.95 bits per heavy atom. The topological polar surface area (TPSA) is 169 Å². The fourth-order valence-electron chi connectivity index (χ4n) is 3.71. The molecule has 0 bridgehead atoms. The summed E-state index contributed by atoms with van der Waals surface area (Å²) in [6.45, 7) is 6.59. The number of rotatable bonds is 11. The zero-order chi connectivity index (χ0) is 27.3. The van der Waals surface area contributed by atoms with Gasteiger partial charge in [-0.2, -0.15) is 0 Å². The van der Waals surface area contributed by atoms with Crippen molar-refractivity contribution in [3.05, 3.63) is 53.3 Å². The van der Waals surface area contributed by atoms with Gasteiger partial charge in [0.1, 0.15) is 11.5 Å². The number of ether oxygens (including phenoxy) is 1. The van der Waals surface area contributed by atoms with Crippen LogP contribution in [-0.2, 0) is 10.0 Å². The van der Waals surface area contributed by atoms with Gasteiger partial charge in [0, 0.05) is 35.7 Å². The van der Waals surface area contributed by atoms with Gasteiger partial charge in [-0.15, -0.1) is 10.2 Å². The Labute approximate surface area is 220 Å². The molecule has 3 rings (SSSR count). The van der Waals surface area contributed by atoms with Crippen molar-refractivity contribution >= 4 is 33.3 Å². The first-order chi connectivity index (χ1) is 17.5. The number of sulfonamides is 1. The molecule has 3 N–H and O–H groups in total. The highest BCUT2D eigenvalue weighted by atomic mass is 35.5. The van der Waals surface area contributed by atoms with E-state index in [1.165, 1.54) is 37.9 Å². The van der Waals surface area contributed by atoms with Crippen molar-refractivity contribution in [1.29, 1.82) is 5.41 Å². The van der Waals surface area contributed by atoms with Crippen LogP contribution in [0, 0.1) is 5.41 Å². The van der Waals surface area contributed by atoms with E-state index in [2.05, 4.69) is 29.9 Å². The number of methoxy groups -OCH3 is 1. The number of aromatic nitrogens is 6. The average Bonchev–Trinajstić information content (AvgIpc) is 3.28. The zero-order valence-corrected chi connectivity index (χ0v) is 22.6. The molecule has 0 aliphatic rings. The number of aliphatic hydroxyl groups is 1. The van der Waals surface area contributed by atoms with Crippen LogP contribution in [0.15, 0.2) is 42.4 Å². The SMILES string of the molecule is CC[C@H](/C(=C/O)C(C)=N)n1c(NS(=O)(=O)[C@@H](C)[C@H](C)c2ncc(Cl)cn2)nnc1-c1cccc(OC)n1. The molecule has 198 valence electrons. The minimum absolute atomic E-state index is 0.0943. The van der Waals surface area contributed by atoms with E-state index in [9.17, 15) is 13.5 Å². The Bertz CT molecular complexity index is 1390. The fourth-order valence-corrected chi connectivity index (χ4v) is 5.05. The van der Waals surface area contributed by atoms with Gasteiger partial charge in [-0.25, -0.2) is 23.4 Å². The molecule has 3 aromatic heterocycles. The van der Waals surface area contributed by atoms with Crippen LogP contribution in [0.3, 0.4) is 0 Å². The number of hydrogen-bond donors (Lipinski definition) is 3. The van der Waals surface area contributed by atoms with Gasteiger partial charge < -0.3 is 15.3 Å². The lowest BCUT2D eigenvalue weighted by Gasteiger charge is -2.24. The molecule has 0 aliphatic heterocycles. The second-order valence-electron chi connectivity index (χ2n) is 8.32. The first kappa shape index (κ1) is 28.0. The second-order valence-corrected chi connectivity index (χ2v) is 10.8. The number of hydrogen-bond acceptors (Lipinski definition) is 10. The minimum Gasteiger partial charge on any atom is -0.515 e. The predicted octanol–water partition coefficient (Wildman–Crippen LogP) is 4.16. The summed E-state index contributed by atoms with van der Waals surface area (Å²) in [5.41, 5.74) is 0.734. The number of nitrogens with one attached hydrogen (secondary N) is 2. The van der Waals surface area contributed by atoms with Crippen LogP contribution in [0.4, 0.5) is 5.95 Å². The summed E-state index contributed by atoms with van der Waals surface area (Å²) in [4.78, 5) is 12.7. The summed E-state index contributed by atoms with van der Waals surface area (Å²) in [6.07, 6.45) is 4.04. The molecule has 14 heteroatoms. The Kier molecular flexibility index (Phi) is 8.81. The number of aliphatic hydroxyl groups excluding tert-OH is 1. The number of pyridine rings is 1. The third-order valence-electron chi connectivity index (χ3n) is 5.96. The van der Waals surface area contributed by atoms with Gasteiger partial charge in [-0.1, -0.05) is 31.5 Å². The summed E-state index contributed by atoms with van der Waals surface area (Å²) in [6, 6.07) is 4.38. The normalized spacial score (nSPS) is 14.6. The number of allylic oxidation sites excluding steroid dienone is 1. The molecule has 12 nitrogen and oxygen atoms in total. The smallest absolute Gasteiger partial charge is 0.239 e. The van der Waals surface area contributed by atoms with E-state index in [0.29, 0.717) is 28.8 Å². The molecule has 0 unspecified atom stereocenters. The lowest BCUT2D eigenvalue weighted by Crippen LogP contribution is -2.32. The molecule has 3 aromatic rings. The standard InChI is InChI=1S/C23H29ClN8O4S/c1-6-19(17(12-33)14(3)25)32-22(18-8-7-9-20(28-18)36-5)29-30-23(32)31-37(34,35)15(4)13(2)21-26-10-16(24)11-27-21/h7-13,15,19,25,33H,6H2,1-5H3,(H,30,31)/b17-12+,25-14?/t13-,15-,19+/m0/s1. The van der Waals surface area contributed by atoms with Crippen molar-refractivity contribution in [3.8, 4) is 17.4 Å². The highest BCUT2D eigenvalue weighted by molar-refractivity contribution is 7.93. The Hall–Kier alpha value is -3.58. The average molecular weight is 549 g/mol. The van der Waals surface area contributed by atoms with Gasteiger partial charge in [0.05, 0.1) is 29.7 Å². The highest BCUT2D eigenvalue weighted by Gasteiger charge is 2.33. The number of halogens is 1. The van der Waals surface area contributed by atoms with Crippen molar-refractivity contribution in [2.75, 3.05) is 11.8 Å². The van der Waals surface area contributed by atoms with Crippen LogP contribution in [0.2, 0.25) is 5.02 Å². The molecular weight excluding hydrogens is 520 g/mol. The van der Waals surface area contributed by atoms with Crippen molar-refractivity contribution in [2.24, 2.45) is 0 Å². The van der Waals surface area contributed by atoms with E-state index in [0.717, 1.165) is 6.26 Å². The molecule has 3 atom stereocenters. The first-order valence-corrected chi connectivity index (χ1v) is 13.3. The third-order valence-corrected chi connectivity index (χ3v) is 8.01. The van der Waals surface area contributed by atoms with Gasteiger partial charge in [0.2, 0.25) is 21.9 Å². The Morgan fingerprint density at radius 3 is 2.51 bits per heavy atom. The molecule has 0 saturated carbocycles. The van der Waals surface area contributed by atoms with Crippen LogP contribution in [0.25, 0.3) is 11.5 Å². The number of anilines is 1. The van der Waals surface area contributed by atoms with Crippen LogP contribution < -0.4 is 9.46 Å². The first-order valence-electron chi connectivity index (χ1n) is 11.4. The quantitative estimate of drug-likeness (QED) is 0.235. The van der Waals surface area contributed by atoms with E-state index in [-0.39, 0.29) is 23.1 Å². The summed E-state index contributed by atoms with van der Waals surface area (Å²) < 4.78 is 36.2. The largest absolute Gasteiger partial charge is 0.515 e. The fraction of sp³-hybridized carbons (Fsp3) is 0.391. The van der Waals surface area contributed by atoms with E-state index >= 15 is 0 Å². The van der Waals surface area contributed by atoms with Gasteiger partial charge in [-0.3, -0.25) is 9.29 Å². The molecule has 0 fully saturated rings. The van der Waals surface area contributed by atoms with E-state index < -0.39 is 27.2 Å². The number of nitrogens with zero attached hydrogens (tertiary/aromatic N) is 6. The second kappa shape index (κ2) is 11.6. The minimum atomic E-state index is -4.04. The maximum atomic E-state index is 13.4. The van der Waals surface area contributed by atoms with Crippen molar-refractivity contribution < 1.29 is 18.3 Å². The van der Waals surface area contributed by atoms with Crippen molar-refractivity contribution in [2.45, 2.75) is 51.3 Å². The van der Waals surface area contributed by atoms with Crippen molar-refractivity contribution in [3.63, 3.8) is 0 Å². The molecule has 0 saturated heterocycles. The molecule has 0 spiro atoms. The van der Waals surface area contributed by atoms with Crippen LogP contribution in [-0.4, -0.2) is 61.3 Å². The van der Waals surface area contributed by atoms with Crippen LogP contribution in [0.5, 0.6) is 5.88 Å². The third kappa shape index (κ3) is 6.05.